The summed E-state index contributed by atoms with van der Waals surface area (Å²) in [5.74, 6) is -0.618. The van der Waals surface area contributed by atoms with E-state index in [0.29, 0.717) is 10.9 Å². The zero-order valence-electron chi connectivity index (χ0n) is 14.9. The second-order valence-corrected chi connectivity index (χ2v) is 5.59. The number of H-pyrrole nitrogens is 1. The highest BCUT2D eigenvalue weighted by molar-refractivity contribution is 5.95. The van der Waals surface area contributed by atoms with E-state index >= 15 is 0 Å². The molecule has 0 amide bonds. The largest absolute Gasteiger partial charge is 0.493 e. The minimum Gasteiger partial charge on any atom is -0.493 e. The maximum Gasteiger partial charge on any atom is 0.345 e. The van der Waals surface area contributed by atoms with Gasteiger partial charge in [0.25, 0.3) is 11.2 Å². The molecular weight excluding hydrogens is 370 g/mol. The molecule has 28 heavy (non-hydrogen) atoms. The molecule has 2 aromatic carbocycles. The van der Waals surface area contributed by atoms with Crippen LogP contribution in [-0.4, -0.2) is 35.1 Å². The van der Waals surface area contributed by atoms with Gasteiger partial charge in [0, 0.05) is 6.07 Å². The summed E-state index contributed by atoms with van der Waals surface area (Å²) >= 11 is 0. The summed E-state index contributed by atoms with van der Waals surface area (Å²) in [5, 5.41) is 11.7. The third-order valence-corrected chi connectivity index (χ3v) is 3.92. The van der Waals surface area contributed by atoms with Gasteiger partial charge in [0.05, 0.1) is 36.1 Å². The standard InChI is InChI=1S/C18H15N3O7/c1-26-14-7-11(13(21(24)25)8-15(14)27-2)18(23)28-9-16-19-12-6-4-3-5-10(12)17(22)20-16/h3-8H,9H2,1-2H3,(H,19,20,22). The number of hydrogen-bond acceptors (Lipinski definition) is 8. The fraction of sp³-hybridized carbons (Fsp3) is 0.167. The molecule has 0 fully saturated rings. The van der Waals surface area contributed by atoms with E-state index in [1.54, 1.807) is 24.3 Å². The Labute approximate surface area is 157 Å². The van der Waals surface area contributed by atoms with Crippen molar-refractivity contribution >= 4 is 22.6 Å². The van der Waals surface area contributed by atoms with Crippen LogP contribution in [0.15, 0.2) is 41.2 Å². The third kappa shape index (κ3) is 3.61. The number of esters is 1. The number of methoxy groups -OCH3 is 2. The molecule has 0 saturated heterocycles. The molecule has 0 radical (unpaired) electrons. The Balaban J connectivity index is 1.89. The SMILES string of the molecule is COc1cc(C(=O)OCc2nc3ccccc3c(=O)[nH]2)c([N+](=O)[O-])cc1OC. The van der Waals surface area contributed by atoms with Crippen molar-refractivity contribution in [1.29, 1.82) is 0 Å². The number of fused-ring (bicyclic) bond motifs is 1. The molecule has 0 saturated carbocycles. The first-order chi connectivity index (χ1) is 13.4. The van der Waals surface area contributed by atoms with Gasteiger partial charge < -0.3 is 19.2 Å². The van der Waals surface area contributed by atoms with Gasteiger partial charge in [0.1, 0.15) is 18.0 Å². The summed E-state index contributed by atoms with van der Waals surface area (Å²) in [6.45, 7) is -0.371. The van der Waals surface area contributed by atoms with Gasteiger partial charge >= 0.3 is 5.97 Å². The molecule has 0 aliphatic heterocycles. The molecule has 0 aliphatic rings. The number of aromatic nitrogens is 2. The maximum absolute atomic E-state index is 12.4. The van der Waals surface area contributed by atoms with E-state index in [2.05, 4.69) is 9.97 Å². The van der Waals surface area contributed by atoms with Crippen molar-refractivity contribution in [2.45, 2.75) is 6.61 Å². The first-order valence-electron chi connectivity index (χ1n) is 8.00. The number of hydrogen-bond donors (Lipinski definition) is 1. The molecule has 144 valence electrons. The summed E-state index contributed by atoms with van der Waals surface area (Å²) in [6.07, 6.45) is 0. The number of aromatic amines is 1. The van der Waals surface area contributed by atoms with Gasteiger partial charge in [-0.1, -0.05) is 12.1 Å². The van der Waals surface area contributed by atoms with Crippen LogP contribution in [0.25, 0.3) is 10.9 Å². The first-order valence-corrected chi connectivity index (χ1v) is 8.00. The Morgan fingerprint density at radius 1 is 1.18 bits per heavy atom. The average Bonchev–Trinajstić information content (AvgIpc) is 2.70. The molecule has 1 N–H and O–H groups in total. The predicted octanol–water partition coefficient (Wildman–Crippen LogP) is 2.21. The highest BCUT2D eigenvalue weighted by atomic mass is 16.6. The smallest absolute Gasteiger partial charge is 0.345 e. The second kappa shape index (κ2) is 7.74. The minimum atomic E-state index is -0.969. The molecule has 0 unspecified atom stereocenters. The number of nitro groups is 1. The molecule has 0 bridgehead atoms. The van der Waals surface area contributed by atoms with E-state index in [-0.39, 0.29) is 35.1 Å². The van der Waals surface area contributed by atoms with Crippen LogP contribution in [0.1, 0.15) is 16.2 Å². The maximum atomic E-state index is 12.4. The van der Waals surface area contributed by atoms with Gasteiger partial charge in [-0.3, -0.25) is 14.9 Å². The quantitative estimate of drug-likeness (QED) is 0.388. The van der Waals surface area contributed by atoms with Crippen LogP contribution in [0.3, 0.4) is 0 Å². The number of benzene rings is 2. The summed E-state index contributed by atoms with van der Waals surface area (Å²) in [4.78, 5) is 41.8. The van der Waals surface area contributed by atoms with Crippen LogP contribution < -0.4 is 15.0 Å². The minimum absolute atomic E-state index is 0.103. The van der Waals surface area contributed by atoms with Gasteiger partial charge in [-0.2, -0.15) is 0 Å². The van der Waals surface area contributed by atoms with Crippen LogP contribution in [0.4, 0.5) is 5.69 Å². The zero-order chi connectivity index (χ0) is 20.3. The van der Waals surface area contributed by atoms with Gasteiger partial charge in [0.2, 0.25) is 0 Å². The Morgan fingerprint density at radius 3 is 2.54 bits per heavy atom. The molecule has 3 rings (SSSR count). The lowest BCUT2D eigenvalue weighted by molar-refractivity contribution is -0.385. The molecule has 10 nitrogen and oxygen atoms in total. The number of nitrogens with zero attached hydrogens (tertiary/aromatic N) is 2. The number of ether oxygens (including phenoxy) is 3. The first kappa shape index (κ1) is 18.8. The molecule has 3 aromatic rings. The summed E-state index contributed by atoms with van der Waals surface area (Å²) < 4.78 is 15.2. The second-order valence-electron chi connectivity index (χ2n) is 5.59. The van der Waals surface area contributed by atoms with Gasteiger partial charge in [0.15, 0.2) is 11.5 Å². The number of nitrogens with one attached hydrogen (secondary N) is 1. The van der Waals surface area contributed by atoms with Crippen molar-refractivity contribution in [1.82, 2.24) is 9.97 Å². The molecule has 0 atom stereocenters. The molecule has 0 aliphatic carbocycles. The van der Waals surface area contributed by atoms with Gasteiger partial charge in [-0.05, 0) is 12.1 Å². The highest BCUT2D eigenvalue weighted by Crippen LogP contribution is 2.34. The lowest BCUT2D eigenvalue weighted by Gasteiger charge is -2.10. The fourth-order valence-electron chi connectivity index (χ4n) is 2.60. The summed E-state index contributed by atoms with van der Waals surface area (Å²) in [5.41, 5.74) is -0.753. The predicted molar refractivity (Wildman–Crippen MR) is 97.7 cm³/mol. The topological polar surface area (TPSA) is 134 Å². The van der Waals surface area contributed by atoms with Crippen LogP contribution in [-0.2, 0) is 11.3 Å². The third-order valence-electron chi connectivity index (χ3n) is 3.92. The average molecular weight is 385 g/mol. The summed E-state index contributed by atoms with van der Waals surface area (Å²) in [7, 11) is 2.66. The highest BCUT2D eigenvalue weighted by Gasteiger charge is 2.26. The van der Waals surface area contributed by atoms with Crippen molar-refractivity contribution in [3.05, 3.63) is 68.3 Å². The van der Waals surface area contributed by atoms with Crippen molar-refractivity contribution in [2.24, 2.45) is 0 Å². The molecule has 1 heterocycles. The van der Waals surface area contributed by atoms with E-state index in [0.717, 1.165) is 12.1 Å². The van der Waals surface area contributed by atoms with Crippen LogP contribution in [0.2, 0.25) is 0 Å². The van der Waals surface area contributed by atoms with E-state index in [4.69, 9.17) is 14.2 Å². The Kier molecular flexibility index (Phi) is 5.21. The van der Waals surface area contributed by atoms with E-state index in [1.807, 2.05) is 0 Å². The molecule has 10 heteroatoms. The van der Waals surface area contributed by atoms with E-state index < -0.39 is 16.6 Å². The fourth-order valence-corrected chi connectivity index (χ4v) is 2.60. The lowest BCUT2D eigenvalue weighted by atomic mass is 10.1. The van der Waals surface area contributed by atoms with Crippen LogP contribution in [0.5, 0.6) is 11.5 Å². The Bertz CT molecular complexity index is 1120. The number of para-hydroxylation sites is 1. The van der Waals surface area contributed by atoms with Crippen LogP contribution in [0, 0.1) is 10.1 Å². The normalized spacial score (nSPS) is 10.5. The van der Waals surface area contributed by atoms with Crippen LogP contribution >= 0.6 is 0 Å². The van der Waals surface area contributed by atoms with Crippen molar-refractivity contribution < 1.29 is 23.9 Å². The van der Waals surface area contributed by atoms with E-state index in [9.17, 15) is 19.7 Å². The number of rotatable bonds is 6. The Morgan fingerprint density at radius 2 is 1.86 bits per heavy atom. The number of carbonyl (C=O) groups excluding carboxylic acids is 1. The number of carbonyl (C=O) groups is 1. The molecular formula is C18H15N3O7. The van der Waals surface area contributed by atoms with Gasteiger partial charge in [-0.15, -0.1) is 0 Å². The van der Waals surface area contributed by atoms with Crippen molar-refractivity contribution in [3.8, 4) is 11.5 Å². The van der Waals surface area contributed by atoms with Gasteiger partial charge in [-0.25, -0.2) is 9.78 Å². The molecule has 0 spiro atoms. The van der Waals surface area contributed by atoms with E-state index in [1.165, 1.54) is 14.2 Å². The van der Waals surface area contributed by atoms with Crippen molar-refractivity contribution in [2.75, 3.05) is 14.2 Å². The lowest BCUT2D eigenvalue weighted by Crippen LogP contribution is -2.15. The van der Waals surface area contributed by atoms with Crippen molar-refractivity contribution in [3.63, 3.8) is 0 Å². The Hall–Kier alpha value is -3.95. The monoisotopic (exact) mass is 385 g/mol. The molecule has 1 aromatic heterocycles. The number of nitro benzene ring substituents is 1. The summed E-state index contributed by atoms with van der Waals surface area (Å²) in [6, 6.07) is 8.92. The zero-order valence-corrected chi connectivity index (χ0v) is 14.9.